The Morgan fingerprint density at radius 3 is 2.76 bits per heavy atom. The first kappa shape index (κ1) is 23.4. The highest BCUT2D eigenvalue weighted by Gasteiger charge is 2.30. The number of nitrogens with zero attached hydrogens (tertiary/aromatic N) is 4. The lowest BCUT2D eigenvalue weighted by molar-refractivity contribution is 0.0512. The van der Waals surface area contributed by atoms with Crippen LogP contribution < -0.4 is 9.64 Å². The van der Waals surface area contributed by atoms with Gasteiger partial charge in [-0.3, -0.25) is 4.90 Å². The third-order valence-electron chi connectivity index (χ3n) is 5.08. The fourth-order valence-electron chi connectivity index (χ4n) is 3.56. The Kier molecular flexibility index (Phi) is 6.85. The molecule has 176 valence electrons. The van der Waals surface area contributed by atoms with Gasteiger partial charge in [0.15, 0.2) is 5.65 Å². The Bertz CT molecular complexity index is 1140. The van der Waals surface area contributed by atoms with Crippen molar-refractivity contribution in [2.45, 2.75) is 39.2 Å². The largest absolute Gasteiger partial charge is 0.443 e. The highest BCUT2D eigenvalue weighted by molar-refractivity contribution is 9.10. The predicted octanol–water partition coefficient (Wildman–Crippen LogP) is 5.59. The number of ether oxygens (including phenoxy) is 3. The molecule has 4 rings (SSSR count). The highest BCUT2D eigenvalue weighted by atomic mass is 79.9. The van der Waals surface area contributed by atoms with Crippen LogP contribution in [-0.2, 0) is 9.47 Å². The van der Waals surface area contributed by atoms with Gasteiger partial charge in [-0.05, 0) is 67.6 Å². The van der Waals surface area contributed by atoms with E-state index in [4.69, 9.17) is 14.2 Å². The lowest BCUT2D eigenvalue weighted by Crippen LogP contribution is -2.41. The summed E-state index contributed by atoms with van der Waals surface area (Å²) in [6.45, 7) is 7.20. The van der Waals surface area contributed by atoms with Crippen LogP contribution in [0.1, 0.15) is 33.6 Å². The van der Waals surface area contributed by atoms with Crippen molar-refractivity contribution in [1.29, 1.82) is 0 Å². The van der Waals surface area contributed by atoms with Crippen molar-refractivity contribution in [2.24, 2.45) is 5.92 Å². The van der Waals surface area contributed by atoms with Crippen LogP contribution >= 0.6 is 15.9 Å². The minimum atomic E-state index is -0.678. The number of carbonyl (C=O) groups excluding carboxylic acids is 1. The fraction of sp³-hybridized carbons (Fsp3) is 0.435. The summed E-state index contributed by atoms with van der Waals surface area (Å²) in [6, 6.07) is 7.40. The van der Waals surface area contributed by atoms with Crippen LogP contribution in [0.2, 0.25) is 0 Å². The third-order valence-corrected chi connectivity index (χ3v) is 5.64. The summed E-state index contributed by atoms with van der Waals surface area (Å²) in [5.41, 5.74) is -0.220. The van der Waals surface area contributed by atoms with Crippen LogP contribution in [0.5, 0.6) is 11.6 Å². The Hall–Kier alpha value is -2.72. The van der Waals surface area contributed by atoms with Crippen molar-refractivity contribution < 1.29 is 23.4 Å². The second kappa shape index (κ2) is 9.64. The van der Waals surface area contributed by atoms with E-state index in [1.54, 1.807) is 33.8 Å². The minimum absolute atomic E-state index is 0.199. The number of fused-ring (bicyclic) bond motifs is 1. The van der Waals surface area contributed by atoms with E-state index in [0.29, 0.717) is 41.4 Å². The molecule has 1 fully saturated rings. The molecule has 0 spiro atoms. The van der Waals surface area contributed by atoms with Gasteiger partial charge in [-0.15, -0.1) is 0 Å². The molecule has 0 unspecified atom stereocenters. The molecule has 0 radical (unpaired) electrons. The number of carbonyl (C=O) groups is 1. The standard InChI is InChI=1S/C23H26BrFN4O4/c1-23(2,3)33-22(30)28(14-15-7-9-31-10-8-15)20-12-19(27-21-18(24)13-26-29(20)21)32-17-6-4-5-16(25)11-17/h4-6,11-13,15H,7-10,14H2,1-3H3. The second-order valence-electron chi connectivity index (χ2n) is 8.89. The number of amides is 1. The highest BCUT2D eigenvalue weighted by Crippen LogP contribution is 2.31. The maximum Gasteiger partial charge on any atom is 0.416 e. The zero-order valence-electron chi connectivity index (χ0n) is 18.8. The fourth-order valence-corrected chi connectivity index (χ4v) is 3.91. The van der Waals surface area contributed by atoms with Gasteiger partial charge in [-0.2, -0.15) is 14.6 Å². The maximum atomic E-state index is 13.7. The smallest absolute Gasteiger partial charge is 0.416 e. The molecule has 1 aromatic carbocycles. The second-order valence-corrected chi connectivity index (χ2v) is 9.74. The third kappa shape index (κ3) is 5.80. The Balaban J connectivity index is 1.76. The van der Waals surface area contributed by atoms with Crippen molar-refractivity contribution >= 4 is 33.5 Å². The van der Waals surface area contributed by atoms with E-state index in [1.165, 1.54) is 12.1 Å². The molecule has 0 aliphatic carbocycles. The van der Waals surface area contributed by atoms with Gasteiger partial charge in [-0.1, -0.05) is 6.07 Å². The number of rotatable bonds is 5. The number of hydrogen-bond acceptors (Lipinski definition) is 6. The molecule has 1 amide bonds. The topological polar surface area (TPSA) is 78.2 Å². The van der Waals surface area contributed by atoms with Crippen LogP contribution in [0, 0.1) is 11.7 Å². The lowest BCUT2D eigenvalue weighted by Gasteiger charge is -2.31. The van der Waals surface area contributed by atoms with E-state index < -0.39 is 17.5 Å². The van der Waals surface area contributed by atoms with Crippen molar-refractivity contribution in [3.63, 3.8) is 0 Å². The van der Waals surface area contributed by atoms with Gasteiger partial charge in [0.1, 0.15) is 23.0 Å². The van der Waals surface area contributed by atoms with Gasteiger partial charge in [0.05, 0.1) is 10.7 Å². The number of aromatic nitrogens is 3. The van der Waals surface area contributed by atoms with Crippen molar-refractivity contribution in [1.82, 2.24) is 14.6 Å². The monoisotopic (exact) mass is 520 g/mol. The molecule has 0 atom stereocenters. The molecular weight excluding hydrogens is 495 g/mol. The molecule has 1 aliphatic heterocycles. The van der Waals surface area contributed by atoms with Crippen LogP contribution in [0.15, 0.2) is 41.0 Å². The molecule has 1 saturated heterocycles. The van der Waals surface area contributed by atoms with Gasteiger partial charge in [-0.25, -0.2) is 9.18 Å². The van der Waals surface area contributed by atoms with Crippen molar-refractivity contribution in [3.8, 4) is 11.6 Å². The Morgan fingerprint density at radius 1 is 1.30 bits per heavy atom. The molecule has 3 aromatic rings. The predicted molar refractivity (Wildman–Crippen MR) is 124 cm³/mol. The first-order chi connectivity index (χ1) is 15.7. The van der Waals surface area contributed by atoms with Crippen molar-refractivity contribution in [2.75, 3.05) is 24.7 Å². The molecule has 1 aliphatic rings. The average molecular weight is 521 g/mol. The SMILES string of the molecule is CC(C)(C)OC(=O)N(CC1CCOCC1)c1cc(Oc2cccc(F)c2)nc2c(Br)cnn12. The summed E-state index contributed by atoms with van der Waals surface area (Å²) in [5, 5.41) is 4.39. The summed E-state index contributed by atoms with van der Waals surface area (Å²) >= 11 is 3.45. The molecule has 33 heavy (non-hydrogen) atoms. The molecule has 10 heteroatoms. The van der Waals surface area contributed by atoms with E-state index >= 15 is 0 Å². The molecular formula is C23H26BrFN4O4. The van der Waals surface area contributed by atoms with E-state index in [0.717, 1.165) is 12.8 Å². The van der Waals surface area contributed by atoms with Crippen molar-refractivity contribution in [3.05, 3.63) is 46.8 Å². The summed E-state index contributed by atoms with van der Waals surface area (Å²) < 4.78 is 32.9. The maximum absolute atomic E-state index is 13.7. The van der Waals surface area contributed by atoms with Gasteiger partial charge in [0.25, 0.3) is 0 Å². The molecule has 0 saturated carbocycles. The molecule has 3 heterocycles. The first-order valence-corrected chi connectivity index (χ1v) is 11.5. The van der Waals surface area contributed by atoms with Gasteiger partial charge in [0, 0.05) is 31.9 Å². The van der Waals surface area contributed by atoms with Gasteiger partial charge >= 0.3 is 6.09 Å². The van der Waals surface area contributed by atoms with Crippen LogP contribution in [0.3, 0.4) is 0 Å². The van der Waals surface area contributed by atoms with E-state index in [-0.39, 0.29) is 11.8 Å². The Labute approximate surface area is 199 Å². The zero-order chi connectivity index (χ0) is 23.6. The van der Waals surface area contributed by atoms with E-state index in [1.807, 2.05) is 20.8 Å². The van der Waals surface area contributed by atoms with E-state index in [9.17, 15) is 9.18 Å². The lowest BCUT2D eigenvalue weighted by atomic mass is 10.00. The number of anilines is 1. The first-order valence-electron chi connectivity index (χ1n) is 10.8. The van der Waals surface area contributed by atoms with E-state index in [2.05, 4.69) is 26.0 Å². The zero-order valence-corrected chi connectivity index (χ0v) is 20.3. The van der Waals surface area contributed by atoms with Crippen LogP contribution in [0.4, 0.5) is 15.0 Å². The summed E-state index contributed by atoms with van der Waals surface area (Å²) in [5.74, 6) is 0.750. The normalized spacial score (nSPS) is 14.9. The summed E-state index contributed by atoms with van der Waals surface area (Å²) in [6.07, 6.45) is 2.77. The number of halogens is 2. The molecule has 2 aromatic heterocycles. The van der Waals surface area contributed by atoms with Gasteiger partial charge in [0.2, 0.25) is 5.88 Å². The quantitative estimate of drug-likeness (QED) is 0.436. The average Bonchev–Trinajstić information content (AvgIpc) is 3.12. The molecule has 8 nitrogen and oxygen atoms in total. The van der Waals surface area contributed by atoms with Gasteiger partial charge < -0.3 is 14.2 Å². The molecule has 0 N–H and O–H groups in total. The summed E-state index contributed by atoms with van der Waals surface area (Å²) in [4.78, 5) is 19.4. The van der Waals surface area contributed by atoms with Crippen LogP contribution in [0.25, 0.3) is 5.65 Å². The van der Waals surface area contributed by atoms with Crippen LogP contribution in [-0.4, -0.2) is 46.1 Å². The minimum Gasteiger partial charge on any atom is -0.443 e. The number of benzene rings is 1. The Morgan fingerprint density at radius 2 is 2.06 bits per heavy atom. The summed E-state index contributed by atoms with van der Waals surface area (Å²) in [7, 11) is 0. The molecule has 0 bridgehead atoms. The number of hydrogen-bond donors (Lipinski definition) is 0.